The summed E-state index contributed by atoms with van der Waals surface area (Å²) in [4.78, 5) is 29.8. The fourth-order valence-corrected chi connectivity index (χ4v) is 6.02. The SMILES string of the molecule is CCOC(=O)C1=C(CN2CCN(S(=O)(=O)c3ccccc3)CC2)N(C)C(=O)NC1c1cccc(C)c1. The summed E-state index contributed by atoms with van der Waals surface area (Å²) >= 11 is 0. The minimum atomic E-state index is -3.57. The molecule has 1 atom stereocenters. The third-order valence-electron chi connectivity index (χ3n) is 6.53. The van der Waals surface area contributed by atoms with Crippen molar-refractivity contribution in [1.29, 1.82) is 0 Å². The highest BCUT2D eigenvalue weighted by Crippen LogP contribution is 2.32. The van der Waals surface area contributed by atoms with Crippen molar-refractivity contribution in [1.82, 2.24) is 19.4 Å². The average molecular weight is 513 g/mol. The summed E-state index contributed by atoms with van der Waals surface area (Å²) in [5.41, 5.74) is 2.77. The number of likely N-dealkylation sites (N-methyl/N-ethyl adjacent to an activating group) is 1. The molecule has 0 spiro atoms. The molecule has 0 saturated carbocycles. The molecule has 0 aromatic heterocycles. The Labute approximate surface area is 212 Å². The molecule has 1 fully saturated rings. The molecule has 1 N–H and O–H groups in total. The van der Waals surface area contributed by atoms with Gasteiger partial charge in [-0.15, -0.1) is 0 Å². The predicted octanol–water partition coefficient (Wildman–Crippen LogP) is 2.51. The number of benzene rings is 2. The third kappa shape index (κ3) is 5.30. The van der Waals surface area contributed by atoms with E-state index in [1.165, 1.54) is 9.21 Å². The van der Waals surface area contributed by atoms with Gasteiger partial charge in [-0.3, -0.25) is 9.80 Å². The summed E-state index contributed by atoms with van der Waals surface area (Å²) in [6, 6.07) is 15.1. The second-order valence-electron chi connectivity index (χ2n) is 8.93. The smallest absolute Gasteiger partial charge is 0.338 e. The summed E-state index contributed by atoms with van der Waals surface area (Å²) in [5, 5.41) is 2.93. The first-order valence-corrected chi connectivity index (χ1v) is 13.4. The van der Waals surface area contributed by atoms with Crippen molar-refractivity contribution >= 4 is 22.0 Å². The Balaban J connectivity index is 1.60. The van der Waals surface area contributed by atoms with Crippen LogP contribution in [0.15, 0.2) is 70.8 Å². The first-order valence-electron chi connectivity index (χ1n) is 12.0. The first-order chi connectivity index (χ1) is 17.2. The van der Waals surface area contributed by atoms with Gasteiger partial charge in [0.05, 0.1) is 23.1 Å². The van der Waals surface area contributed by atoms with E-state index in [-0.39, 0.29) is 17.5 Å². The second-order valence-corrected chi connectivity index (χ2v) is 10.9. The Morgan fingerprint density at radius 3 is 2.39 bits per heavy atom. The minimum Gasteiger partial charge on any atom is -0.463 e. The number of amides is 2. The van der Waals surface area contributed by atoms with Crippen LogP contribution in [0.1, 0.15) is 24.1 Å². The van der Waals surface area contributed by atoms with Gasteiger partial charge < -0.3 is 10.1 Å². The summed E-state index contributed by atoms with van der Waals surface area (Å²) in [5.74, 6) is -0.476. The quantitative estimate of drug-likeness (QED) is 0.573. The number of nitrogens with zero attached hydrogens (tertiary/aromatic N) is 3. The Bertz CT molecular complexity index is 1250. The van der Waals surface area contributed by atoms with Gasteiger partial charge in [-0.2, -0.15) is 4.31 Å². The van der Waals surface area contributed by atoms with Crippen molar-refractivity contribution in [3.05, 3.63) is 77.0 Å². The van der Waals surface area contributed by atoms with Crippen LogP contribution < -0.4 is 5.32 Å². The molecule has 1 saturated heterocycles. The molecule has 1 unspecified atom stereocenters. The molecule has 4 rings (SSSR count). The number of aryl methyl sites for hydroxylation is 1. The minimum absolute atomic E-state index is 0.212. The molecule has 2 aromatic rings. The van der Waals surface area contributed by atoms with Gasteiger partial charge in [-0.1, -0.05) is 48.0 Å². The van der Waals surface area contributed by atoms with Crippen LogP contribution in [0, 0.1) is 6.92 Å². The van der Waals surface area contributed by atoms with Crippen LogP contribution in [0.4, 0.5) is 4.79 Å². The standard InChI is InChI=1S/C26H32N4O5S/c1-4-35-25(31)23-22(28(3)26(32)27-24(23)20-10-8-9-19(2)17-20)18-29-13-15-30(16-14-29)36(33,34)21-11-6-5-7-12-21/h5-12,17,24H,4,13-16,18H2,1-3H3,(H,27,32). The van der Waals surface area contributed by atoms with Gasteiger partial charge in [0.1, 0.15) is 0 Å². The lowest BCUT2D eigenvalue weighted by Crippen LogP contribution is -2.53. The van der Waals surface area contributed by atoms with Crippen LogP contribution in [0.3, 0.4) is 0 Å². The molecule has 2 amide bonds. The lowest BCUT2D eigenvalue weighted by atomic mass is 9.93. The highest BCUT2D eigenvalue weighted by Gasteiger charge is 2.38. The molecule has 2 heterocycles. The highest BCUT2D eigenvalue weighted by atomic mass is 32.2. The van der Waals surface area contributed by atoms with Crippen LogP contribution in [-0.4, -0.2) is 80.9 Å². The van der Waals surface area contributed by atoms with Crippen molar-refractivity contribution in [2.24, 2.45) is 0 Å². The molecule has 0 radical (unpaired) electrons. The average Bonchev–Trinajstić information content (AvgIpc) is 2.87. The zero-order chi connectivity index (χ0) is 25.9. The van der Waals surface area contributed by atoms with Gasteiger partial charge >= 0.3 is 12.0 Å². The Morgan fingerprint density at radius 2 is 1.75 bits per heavy atom. The number of hydrogen-bond donors (Lipinski definition) is 1. The normalized spacial score (nSPS) is 19.8. The first kappa shape index (κ1) is 25.9. The van der Waals surface area contributed by atoms with E-state index in [2.05, 4.69) is 10.2 Å². The second kappa shape index (κ2) is 10.8. The van der Waals surface area contributed by atoms with Crippen LogP contribution in [0.25, 0.3) is 0 Å². The van der Waals surface area contributed by atoms with Crippen molar-refractivity contribution in [2.45, 2.75) is 24.8 Å². The Kier molecular flexibility index (Phi) is 7.77. The van der Waals surface area contributed by atoms with Crippen LogP contribution >= 0.6 is 0 Å². The van der Waals surface area contributed by atoms with E-state index in [0.717, 1.165) is 11.1 Å². The summed E-state index contributed by atoms with van der Waals surface area (Å²) in [6.45, 7) is 5.80. The lowest BCUT2D eigenvalue weighted by molar-refractivity contribution is -0.139. The molecule has 0 aliphatic carbocycles. The molecular formula is C26H32N4O5S. The molecule has 36 heavy (non-hydrogen) atoms. The number of piperazine rings is 1. The number of nitrogens with one attached hydrogen (secondary N) is 1. The van der Waals surface area contributed by atoms with E-state index in [4.69, 9.17) is 4.74 Å². The fraction of sp³-hybridized carbons (Fsp3) is 0.385. The number of hydrogen-bond acceptors (Lipinski definition) is 6. The maximum Gasteiger partial charge on any atom is 0.338 e. The number of rotatable bonds is 7. The molecule has 2 aromatic carbocycles. The molecule has 10 heteroatoms. The monoisotopic (exact) mass is 512 g/mol. The lowest BCUT2D eigenvalue weighted by Gasteiger charge is -2.39. The number of esters is 1. The van der Waals surface area contributed by atoms with Crippen molar-refractivity contribution < 1.29 is 22.7 Å². The summed E-state index contributed by atoms with van der Waals surface area (Å²) in [6.07, 6.45) is 0. The van der Waals surface area contributed by atoms with Crippen LogP contribution in [0.2, 0.25) is 0 Å². The molecule has 2 aliphatic heterocycles. The Morgan fingerprint density at radius 1 is 1.06 bits per heavy atom. The van der Waals surface area contributed by atoms with Crippen molar-refractivity contribution in [3.63, 3.8) is 0 Å². The molecule has 2 aliphatic rings. The zero-order valence-electron chi connectivity index (χ0n) is 20.8. The predicted molar refractivity (Wildman–Crippen MR) is 136 cm³/mol. The van der Waals surface area contributed by atoms with E-state index < -0.39 is 22.0 Å². The van der Waals surface area contributed by atoms with Gasteiger partial charge in [-0.05, 0) is 31.5 Å². The third-order valence-corrected chi connectivity index (χ3v) is 8.45. The number of carbonyl (C=O) groups excluding carboxylic acids is 2. The van der Waals surface area contributed by atoms with Crippen LogP contribution in [-0.2, 0) is 19.6 Å². The Hall–Kier alpha value is -3.21. The van der Waals surface area contributed by atoms with E-state index in [9.17, 15) is 18.0 Å². The van der Waals surface area contributed by atoms with Gasteiger partial charge in [0.25, 0.3) is 0 Å². The molecule has 192 valence electrons. The van der Waals surface area contributed by atoms with E-state index >= 15 is 0 Å². The van der Waals surface area contributed by atoms with Gasteiger partial charge in [0.15, 0.2) is 0 Å². The van der Waals surface area contributed by atoms with Crippen LogP contribution in [0.5, 0.6) is 0 Å². The maximum absolute atomic E-state index is 13.1. The molecule has 0 bridgehead atoms. The molecule has 9 nitrogen and oxygen atoms in total. The molecular weight excluding hydrogens is 480 g/mol. The number of carbonyl (C=O) groups is 2. The van der Waals surface area contributed by atoms with Gasteiger partial charge in [0.2, 0.25) is 10.0 Å². The zero-order valence-corrected chi connectivity index (χ0v) is 21.6. The van der Waals surface area contributed by atoms with Crippen molar-refractivity contribution in [3.8, 4) is 0 Å². The highest BCUT2D eigenvalue weighted by molar-refractivity contribution is 7.89. The van der Waals surface area contributed by atoms with Gasteiger partial charge in [-0.25, -0.2) is 18.0 Å². The topological polar surface area (TPSA) is 99.3 Å². The largest absolute Gasteiger partial charge is 0.463 e. The van der Waals surface area contributed by atoms with Gasteiger partial charge in [0, 0.05) is 45.5 Å². The van der Waals surface area contributed by atoms with E-state index in [0.29, 0.717) is 44.0 Å². The maximum atomic E-state index is 13.1. The van der Waals surface area contributed by atoms with Crippen molar-refractivity contribution in [2.75, 3.05) is 46.4 Å². The van der Waals surface area contributed by atoms with E-state index in [1.54, 1.807) is 44.3 Å². The van der Waals surface area contributed by atoms with E-state index in [1.807, 2.05) is 31.2 Å². The number of sulfonamides is 1. The number of urea groups is 1. The summed E-state index contributed by atoms with van der Waals surface area (Å²) in [7, 11) is -1.94. The number of ether oxygens (including phenoxy) is 1. The summed E-state index contributed by atoms with van der Waals surface area (Å²) < 4.78 is 32.9. The fourth-order valence-electron chi connectivity index (χ4n) is 4.58.